The third kappa shape index (κ3) is 2.29. The number of ketones is 1. The van der Waals surface area contributed by atoms with Gasteiger partial charge in [0.1, 0.15) is 5.60 Å². The minimum absolute atomic E-state index is 0.475. The van der Waals surface area contributed by atoms with Crippen LogP contribution in [0.2, 0.25) is 0 Å². The van der Waals surface area contributed by atoms with Gasteiger partial charge in [-0.15, -0.1) is 0 Å². The van der Waals surface area contributed by atoms with Crippen LogP contribution in [0.15, 0.2) is 12.2 Å². The zero-order valence-corrected chi connectivity index (χ0v) is 6.16. The fourth-order valence-electron chi connectivity index (χ4n) is 0.409. The van der Waals surface area contributed by atoms with E-state index in [9.17, 15) is 4.79 Å². The van der Waals surface area contributed by atoms with Crippen LogP contribution < -0.4 is 0 Å². The maximum absolute atomic E-state index is 10.8. The number of rotatable bonds is 3. The fraction of sp³-hybridized carbons (Fsp3) is 0.571. The Balaban J connectivity index is 4.18. The smallest absolute Gasteiger partial charge is 0.188 e. The molecule has 0 aromatic heterocycles. The van der Waals surface area contributed by atoms with Gasteiger partial charge in [0.2, 0.25) is 0 Å². The number of carbonyl (C=O) groups excluding carboxylic acids is 1. The minimum atomic E-state index is -1.62. The Morgan fingerprint density at radius 2 is 2.20 bits per heavy atom. The van der Waals surface area contributed by atoms with E-state index in [1.807, 2.05) is 0 Å². The number of allylic oxidation sites excluding steroid dienone is 1. The predicted octanol–water partition coefficient (Wildman–Crippen LogP) is -0.125. The summed E-state index contributed by atoms with van der Waals surface area (Å²) in [6.45, 7) is 2.40. The van der Waals surface area contributed by atoms with Crippen LogP contribution in [0.4, 0.5) is 0 Å². The van der Waals surface area contributed by atoms with Crippen molar-refractivity contribution in [1.29, 1.82) is 0 Å². The Labute approximate surface area is 60.0 Å². The topological polar surface area (TPSA) is 57.5 Å². The Morgan fingerprint density at radius 3 is 2.50 bits per heavy atom. The summed E-state index contributed by atoms with van der Waals surface area (Å²) in [7, 11) is 0. The SMILES string of the molecule is CC=CC(=O)C(C)(O)CO. The number of aliphatic hydroxyl groups is 2. The van der Waals surface area contributed by atoms with Gasteiger partial charge in [-0.2, -0.15) is 0 Å². The number of hydrogen-bond acceptors (Lipinski definition) is 3. The quantitative estimate of drug-likeness (QED) is 0.543. The van der Waals surface area contributed by atoms with Crippen molar-refractivity contribution in [3.8, 4) is 0 Å². The third-order valence-electron chi connectivity index (χ3n) is 1.16. The van der Waals surface area contributed by atoms with Gasteiger partial charge in [-0.25, -0.2) is 0 Å². The molecule has 3 heteroatoms. The van der Waals surface area contributed by atoms with E-state index >= 15 is 0 Å². The van der Waals surface area contributed by atoms with Gasteiger partial charge in [-0.1, -0.05) is 6.08 Å². The molecule has 0 bridgehead atoms. The molecule has 3 nitrogen and oxygen atoms in total. The van der Waals surface area contributed by atoms with E-state index in [0.29, 0.717) is 0 Å². The number of carbonyl (C=O) groups is 1. The molecule has 0 spiro atoms. The molecule has 1 atom stereocenters. The standard InChI is InChI=1S/C7H12O3/c1-3-4-6(9)7(2,10)5-8/h3-4,8,10H,5H2,1-2H3. The Morgan fingerprint density at radius 1 is 1.70 bits per heavy atom. The molecule has 0 saturated carbocycles. The van der Waals surface area contributed by atoms with Crippen molar-refractivity contribution in [3.05, 3.63) is 12.2 Å². The molecule has 0 amide bonds. The first kappa shape index (κ1) is 9.33. The highest BCUT2D eigenvalue weighted by Gasteiger charge is 2.26. The zero-order chi connectivity index (χ0) is 8.20. The predicted molar refractivity (Wildman–Crippen MR) is 37.5 cm³/mol. The molecular weight excluding hydrogens is 132 g/mol. The highest BCUT2D eigenvalue weighted by molar-refractivity contribution is 5.96. The van der Waals surface area contributed by atoms with Gasteiger partial charge in [-0.3, -0.25) is 4.79 Å². The lowest BCUT2D eigenvalue weighted by Crippen LogP contribution is -2.37. The molecular formula is C7H12O3. The fourth-order valence-corrected chi connectivity index (χ4v) is 0.409. The average molecular weight is 144 g/mol. The highest BCUT2D eigenvalue weighted by Crippen LogP contribution is 2.03. The van der Waals surface area contributed by atoms with Crippen molar-refractivity contribution >= 4 is 5.78 Å². The van der Waals surface area contributed by atoms with Crippen LogP contribution in [0, 0.1) is 0 Å². The second kappa shape index (κ2) is 3.49. The van der Waals surface area contributed by atoms with Crippen molar-refractivity contribution in [2.75, 3.05) is 6.61 Å². The van der Waals surface area contributed by atoms with E-state index in [2.05, 4.69) is 0 Å². The van der Waals surface area contributed by atoms with E-state index in [0.717, 1.165) is 0 Å². The zero-order valence-electron chi connectivity index (χ0n) is 6.16. The van der Waals surface area contributed by atoms with Gasteiger partial charge >= 0.3 is 0 Å². The summed E-state index contributed by atoms with van der Waals surface area (Å²) in [4.78, 5) is 10.8. The molecule has 0 aliphatic heterocycles. The number of aliphatic hydroxyl groups excluding tert-OH is 1. The molecule has 58 valence electrons. The lowest BCUT2D eigenvalue weighted by atomic mass is 10.0. The van der Waals surface area contributed by atoms with Crippen LogP contribution in [0.3, 0.4) is 0 Å². The van der Waals surface area contributed by atoms with E-state index in [-0.39, 0.29) is 0 Å². The average Bonchev–Trinajstić information content (AvgIpc) is 1.89. The van der Waals surface area contributed by atoms with Crippen LogP contribution >= 0.6 is 0 Å². The van der Waals surface area contributed by atoms with Gasteiger partial charge in [-0.05, 0) is 19.9 Å². The molecule has 0 aliphatic carbocycles. The third-order valence-corrected chi connectivity index (χ3v) is 1.16. The van der Waals surface area contributed by atoms with Crippen molar-refractivity contribution in [3.63, 3.8) is 0 Å². The second-order valence-electron chi connectivity index (χ2n) is 2.30. The lowest BCUT2D eigenvalue weighted by Gasteiger charge is -2.15. The van der Waals surface area contributed by atoms with E-state index in [1.54, 1.807) is 6.92 Å². The Bertz CT molecular complexity index is 147. The van der Waals surface area contributed by atoms with E-state index < -0.39 is 18.0 Å². The molecule has 0 aromatic rings. The van der Waals surface area contributed by atoms with Crippen molar-refractivity contribution in [1.82, 2.24) is 0 Å². The van der Waals surface area contributed by atoms with Crippen molar-refractivity contribution < 1.29 is 15.0 Å². The highest BCUT2D eigenvalue weighted by atomic mass is 16.3. The van der Waals surface area contributed by atoms with Gasteiger partial charge in [0.05, 0.1) is 6.61 Å². The second-order valence-corrected chi connectivity index (χ2v) is 2.30. The van der Waals surface area contributed by atoms with Gasteiger partial charge in [0.25, 0.3) is 0 Å². The molecule has 0 saturated heterocycles. The molecule has 0 rings (SSSR count). The van der Waals surface area contributed by atoms with Crippen LogP contribution in [-0.2, 0) is 4.79 Å². The van der Waals surface area contributed by atoms with Crippen LogP contribution in [-0.4, -0.2) is 28.2 Å². The van der Waals surface area contributed by atoms with Crippen LogP contribution in [0.1, 0.15) is 13.8 Å². The van der Waals surface area contributed by atoms with Crippen molar-refractivity contribution in [2.45, 2.75) is 19.4 Å². The molecule has 1 unspecified atom stereocenters. The molecule has 10 heavy (non-hydrogen) atoms. The van der Waals surface area contributed by atoms with E-state index in [1.165, 1.54) is 19.1 Å². The van der Waals surface area contributed by atoms with E-state index in [4.69, 9.17) is 10.2 Å². The first-order valence-electron chi connectivity index (χ1n) is 3.05. The summed E-state index contributed by atoms with van der Waals surface area (Å²) in [5.41, 5.74) is -1.62. The largest absolute Gasteiger partial charge is 0.393 e. The molecule has 0 heterocycles. The molecule has 0 aromatic carbocycles. The van der Waals surface area contributed by atoms with Gasteiger partial charge < -0.3 is 10.2 Å². The summed E-state index contributed by atoms with van der Waals surface area (Å²) >= 11 is 0. The first-order chi connectivity index (χ1) is 4.54. The summed E-state index contributed by atoms with van der Waals surface area (Å²) in [5.74, 6) is -0.475. The van der Waals surface area contributed by atoms with Gasteiger partial charge in [0, 0.05) is 0 Å². The monoisotopic (exact) mass is 144 g/mol. The summed E-state index contributed by atoms with van der Waals surface area (Å²) in [5, 5.41) is 17.6. The normalized spacial score (nSPS) is 17.2. The number of hydrogen-bond donors (Lipinski definition) is 2. The lowest BCUT2D eigenvalue weighted by molar-refractivity contribution is -0.134. The summed E-state index contributed by atoms with van der Waals surface area (Å²) < 4.78 is 0. The Hall–Kier alpha value is -0.670. The van der Waals surface area contributed by atoms with Crippen LogP contribution in [0.5, 0.6) is 0 Å². The summed E-state index contributed by atoms with van der Waals surface area (Å²) in [6, 6.07) is 0. The molecule has 2 N–H and O–H groups in total. The molecule has 0 radical (unpaired) electrons. The summed E-state index contributed by atoms with van der Waals surface area (Å²) in [6.07, 6.45) is 2.75. The first-order valence-corrected chi connectivity index (χ1v) is 3.05. The Kier molecular flexibility index (Phi) is 3.25. The minimum Gasteiger partial charge on any atom is -0.393 e. The molecule has 0 fully saturated rings. The maximum Gasteiger partial charge on any atom is 0.188 e. The van der Waals surface area contributed by atoms with Crippen LogP contribution in [0.25, 0.3) is 0 Å². The maximum atomic E-state index is 10.8. The van der Waals surface area contributed by atoms with Gasteiger partial charge in [0.15, 0.2) is 5.78 Å². The van der Waals surface area contributed by atoms with Crippen molar-refractivity contribution in [2.24, 2.45) is 0 Å². The molecule has 0 aliphatic rings.